The highest BCUT2D eigenvalue weighted by molar-refractivity contribution is 5.94. The number of nitrogens with two attached hydrogens (primary N) is 1. The number of phenols is 2. The number of nitrogens with zero attached hydrogens (tertiary/aromatic N) is 1. The van der Waals surface area contributed by atoms with Gasteiger partial charge in [-0.05, 0) is 60.1 Å². The van der Waals surface area contributed by atoms with Gasteiger partial charge in [0.25, 0.3) is 0 Å². The van der Waals surface area contributed by atoms with Crippen molar-refractivity contribution < 1.29 is 34.5 Å². The van der Waals surface area contributed by atoms with Gasteiger partial charge in [0.1, 0.15) is 29.6 Å². The third kappa shape index (κ3) is 15.3. The lowest BCUT2D eigenvalue weighted by Crippen LogP contribution is -2.59. The minimum absolute atomic E-state index is 0.00195. The number of amides is 3. The monoisotopic (exact) mass is 711 g/mol. The van der Waals surface area contributed by atoms with Crippen molar-refractivity contribution in [1.82, 2.24) is 20.9 Å². The smallest absolute Gasteiger partial charge is 0.326 e. The molecule has 12 heteroatoms. The maximum atomic E-state index is 14.1. The maximum absolute atomic E-state index is 14.1. The fraction of sp³-hybridized carbons (Fsp3) is 0.590. The highest BCUT2D eigenvalue weighted by atomic mass is 16.4. The summed E-state index contributed by atoms with van der Waals surface area (Å²) in [6.45, 7) is 10.4. The Bertz CT molecular complexity index is 1370. The van der Waals surface area contributed by atoms with Crippen LogP contribution < -0.4 is 21.7 Å². The number of carbonyl (C=O) groups is 4. The van der Waals surface area contributed by atoms with Gasteiger partial charge >= 0.3 is 5.97 Å². The molecular weight excluding hydrogens is 650 g/mol. The van der Waals surface area contributed by atoms with E-state index in [4.69, 9.17) is 5.73 Å². The standard InChI is InChI=1S/C39H61N5O7/c1-7-8-9-10-11-12-29(40)24-41-35(26(4)5)38(49)44(6)34(21-25(2)3)37(48)42-32(22-27-13-17-30(45)18-14-27)36(47)43-33(39(50)51)23-28-15-19-31(46)20-16-28/h13-20,25-26,29,32-35,41,45-46H,7-12,21-24,40H2,1-6H3,(H,42,48)(H,43,47)(H,50,51)/t29-,32+,33+,34+,35-/m1/s1. The summed E-state index contributed by atoms with van der Waals surface area (Å²) < 4.78 is 0. The number of aliphatic carboxylic acids is 1. The molecule has 284 valence electrons. The molecule has 0 aliphatic rings. The van der Waals surface area contributed by atoms with Gasteiger partial charge in [-0.15, -0.1) is 0 Å². The molecule has 0 unspecified atom stereocenters. The number of carbonyl (C=O) groups excluding carboxylic acids is 3. The minimum Gasteiger partial charge on any atom is -0.508 e. The van der Waals surface area contributed by atoms with Gasteiger partial charge in [-0.2, -0.15) is 0 Å². The zero-order valence-corrected chi connectivity index (χ0v) is 31.2. The zero-order valence-electron chi connectivity index (χ0n) is 31.2. The molecule has 0 aliphatic heterocycles. The molecular formula is C39H61N5O7. The Hall–Kier alpha value is -4.16. The van der Waals surface area contributed by atoms with Crippen molar-refractivity contribution >= 4 is 23.7 Å². The number of unbranched alkanes of at least 4 members (excludes halogenated alkanes) is 4. The topological polar surface area (TPSA) is 194 Å². The lowest BCUT2D eigenvalue weighted by Gasteiger charge is -2.34. The number of hydrogen-bond acceptors (Lipinski definition) is 8. The van der Waals surface area contributed by atoms with Crippen molar-refractivity contribution in [3.05, 3.63) is 59.7 Å². The largest absolute Gasteiger partial charge is 0.508 e. The third-order valence-electron chi connectivity index (χ3n) is 9.02. The average Bonchev–Trinajstić information content (AvgIpc) is 3.07. The van der Waals surface area contributed by atoms with Crippen molar-refractivity contribution in [2.45, 2.75) is 123 Å². The van der Waals surface area contributed by atoms with Crippen molar-refractivity contribution in [3.63, 3.8) is 0 Å². The van der Waals surface area contributed by atoms with E-state index in [1.54, 1.807) is 31.3 Å². The highest BCUT2D eigenvalue weighted by Gasteiger charge is 2.35. The number of phenolic OH excluding ortho intramolecular Hbond substituents is 2. The van der Waals surface area contributed by atoms with Crippen LogP contribution in [-0.2, 0) is 32.0 Å². The lowest BCUT2D eigenvalue weighted by molar-refractivity contribution is -0.144. The fourth-order valence-electron chi connectivity index (χ4n) is 5.94. The second-order valence-electron chi connectivity index (χ2n) is 14.4. The number of benzene rings is 2. The van der Waals surface area contributed by atoms with E-state index in [1.165, 1.54) is 48.4 Å². The normalized spacial score (nSPS) is 14.4. The molecule has 0 spiro atoms. The van der Waals surface area contributed by atoms with Crippen LogP contribution in [0.15, 0.2) is 48.5 Å². The van der Waals surface area contributed by atoms with Crippen LogP contribution in [-0.4, -0.2) is 87.7 Å². The molecule has 12 nitrogen and oxygen atoms in total. The molecule has 0 saturated carbocycles. The predicted molar refractivity (Wildman–Crippen MR) is 199 cm³/mol. The summed E-state index contributed by atoms with van der Waals surface area (Å²) in [6.07, 6.45) is 6.85. The number of carboxylic acids is 1. The van der Waals surface area contributed by atoms with E-state index in [1.807, 2.05) is 27.7 Å². The van der Waals surface area contributed by atoms with Gasteiger partial charge in [0.2, 0.25) is 17.7 Å². The van der Waals surface area contributed by atoms with Gasteiger partial charge in [-0.3, -0.25) is 14.4 Å². The van der Waals surface area contributed by atoms with E-state index in [0.29, 0.717) is 24.1 Å². The van der Waals surface area contributed by atoms with Crippen LogP contribution in [0.5, 0.6) is 11.5 Å². The number of carboxylic acid groups (broad SMARTS) is 1. The molecule has 0 heterocycles. The quantitative estimate of drug-likeness (QED) is 0.0831. The molecule has 0 aliphatic carbocycles. The van der Waals surface area contributed by atoms with Crippen molar-refractivity contribution in [2.75, 3.05) is 13.6 Å². The molecule has 2 aromatic carbocycles. The number of rotatable bonds is 23. The molecule has 2 aromatic rings. The number of nitrogens with one attached hydrogen (secondary N) is 3. The first-order valence-electron chi connectivity index (χ1n) is 18.3. The Morgan fingerprint density at radius 1 is 0.765 bits per heavy atom. The van der Waals surface area contributed by atoms with Crippen molar-refractivity contribution in [1.29, 1.82) is 0 Å². The second kappa shape index (κ2) is 21.9. The SMILES string of the molecule is CCCCCCC[C@@H](N)CN[C@@H](C(=O)N(C)[C@@H](CC(C)C)C(=O)N[C@@H](Cc1ccc(O)cc1)C(=O)N[C@@H](Cc1ccc(O)cc1)C(=O)O)C(C)C. The summed E-state index contributed by atoms with van der Waals surface area (Å²) in [5.41, 5.74) is 7.59. The lowest BCUT2D eigenvalue weighted by atomic mass is 9.97. The number of likely N-dealkylation sites (N-methyl/N-ethyl adjacent to an activating group) is 1. The Morgan fingerprint density at radius 3 is 1.76 bits per heavy atom. The first-order chi connectivity index (χ1) is 24.1. The van der Waals surface area contributed by atoms with Crippen LogP contribution in [0.1, 0.15) is 90.7 Å². The molecule has 0 radical (unpaired) electrons. The van der Waals surface area contributed by atoms with E-state index in [-0.39, 0.29) is 48.1 Å². The van der Waals surface area contributed by atoms with Crippen molar-refractivity contribution in [2.24, 2.45) is 17.6 Å². The summed E-state index contributed by atoms with van der Waals surface area (Å²) in [6, 6.07) is 8.01. The van der Waals surface area contributed by atoms with Crippen LogP contribution in [0.25, 0.3) is 0 Å². The van der Waals surface area contributed by atoms with Gasteiger partial charge in [0.05, 0.1) is 6.04 Å². The minimum atomic E-state index is -1.32. The molecule has 0 bridgehead atoms. The molecule has 0 saturated heterocycles. The summed E-state index contributed by atoms with van der Waals surface area (Å²) in [5, 5.41) is 38.1. The van der Waals surface area contributed by atoms with E-state index in [0.717, 1.165) is 19.3 Å². The first-order valence-corrected chi connectivity index (χ1v) is 18.3. The van der Waals surface area contributed by atoms with Crippen LogP contribution in [0.4, 0.5) is 0 Å². The van der Waals surface area contributed by atoms with E-state index >= 15 is 0 Å². The van der Waals surface area contributed by atoms with Crippen LogP contribution in [0.3, 0.4) is 0 Å². The molecule has 3 amide bonds. The average molecular weight is 712 g/mol. The zero-order chi connectivity index (χ0) is 38.1. The molecule has 5 atom stereocenters. The van der Waals surface area contributed by atoms with Crippen LogP contribution >= 0.6 is 0 Å². The Kier molecular flexibility index (Phi) is 18.5. The third-order valence-corrected chi connectivity index (χ3v) is 9.02. The Morgan fingerprint density at radius 2 is 1.27 bits per heavy atom. The summed E-state index contributed by atoms with van der Waals surface area (Å²) >= 11 is 0. The second-order valence-corrected chi connectivity index (χ2v) is 14.4. The van der Waals surface area contributed by atoms with Crippen molar-refractivity contribution in [3.8, 4) is 11.5 Å². The molecule has 0 fully saturated rings. The van der Waals surface area contributed by atoms with E-state index < -0.39 is 42.0 Å². The molecule has 8 N–H and O–H groups in total. The fourth-order valence-corrected chi connectivity index (χ4v) is 5.94. The van der Waals surface area contributed by atoms with Gasteiger partial charge in [0, 0.05) is 32.5 Å². The Balaban J connectivity index is 2.27. The highest BCUT2D eigenvalue weighted by Crippen LogP contribution is 2.18. The van der Waals surface area contributed by atoms with Gasteiger partial charge < -0.3 is 41.9 Å². The number of hydrogen-bond donors (Lipinski definition) is 7. The van der Waals surface area contributed by atoms with Gasteiger partial charge in [0.15, 0.2) is 0 Å². The van der Waals surface area contributed by atoms with E-state index in [2.05, 4.69) is 22.9 Å². The van der Waals surface area contributed by atoms with Crippen LogP contribution in [0, 0.1) is 11.8 Å². The summed E-state index contributed by atoms with van der Waals surface area (Å²) in [7, 11) is 1.59. The summed E-state index contributed by atoms with van der Waals surface area (Å²) in [4.78, 5) is 55.4. The Labute approximate surface area is 303 Å². The molecule has 51 heavy (non-hydrogen) atoms. The molecule has 2 rings (SSSR count). The first kappa shape index (κ1) is 43.0. The van der Waals surface area contributed by atoms with Crippen LogP contribution in [0.2, 0.25) is 0 Å². The van der Waals surface area contributed by atoms with Gasteiger partial charge in [-0.25, -0.2) is 4.79 Å². The maximum Gasteiger partial charge on any atom is 0.326 e. The molecule has 0 aromatic heterocycles. The predicted octanol–water partition coefficient (Wildman–Crippen LogP) is 4.11. The van der Waals surface area contributed by atoms with E-state index in [9.17, 15) is 34.5 Å². The van der Waals surface area contributed by atoms with Gasteiger partial charge in [-0.1, -0.05) is 91.0 Å². The summed E-state index contributed by atoms with van der Waals surface area (Å²) in [5.74, 6) is -2.80. The number of aromatic hydroxyl groups is 2.